The Balaban J connectivity index is 1.67. The lowest BCUT2D eigenvalue weighted by atomic mass is 9.80. The van der Waals surface area contributed by atoms with Crippen LogP contribution in [0.2, 0.25) is 0 Å². The summed E-state index contributed by atoms with van der Waals surface area (Å²) in [6, 6.07) is 13.3. The van der Waals surface area contributed by atoms with Crippen molar-refractivity contribution in [1.82, 2.24) is 10.3 Å². The first-order chi connectivity index (χ1) is 21.8. The Labute approximate surface area is 262 Å². The van der Waals surface area contributed by atoms with Crippen molar-refractivity contribution in [3.05, 3.63) is 100 Å². The molecule has 1 aliphatic heterocycles. The number of anilines is 1. The quantitative estimate of drug-likeness (QED) is 0.150. The van der Waals surface area contributed by atoms with E-state index in [2.05, 4.69) is 10.3 Å². The normalized spacial score (nSPS) is 16.6. The number of nitrogen functional groups attached to an aromatic ring is 1. The lowest BCUT2D eigenvalue weighted by molar-refractivity contribution is -0.123. The first-order valence-corrected chi connectivity index (χ1v) is 14.1. The molecule has 0 radical (unpaired) electrons. The number of pyridine rings is 1. The molecular weight excluding hydrogens is 605 g/mol. The van der Waals surface area contributed by atoms with Gasteiger partial charge in [-0.2, -0.15) is 0 Å². The standard InChI is InChI=1S/C33H31F3N4O6/c1-4-45-25-11-17(10-24(44-3)27(25)37)30(41)39-15-33(43,18-8-6-5-7-9-18)26-13-20-29(46-16-32(20,2)31(38)42)28(40-26)19-12-22(35)23(36)14-21(19)34/h5-14,43H,4,15-16,37H2,1-3H3,(H2,38,42)(H,39,41)/t32-,33+/m0/s1. The Morgan fingerprint density at radius 3 is 2.39 bits per heavy atom. The van der Waals surface area contributed by atoms with E-state index >= 15 is 4.39 Å². The monoisotopic (exact) mass is 636 g/mol. The predicted molar refractivity (Wildman–Crippen MR) is 162 cm³/mol. The minimum atomic E-state index is -2.13. The third-order valence-electron chi connectivity index (χ3n) is 7.95. The van der Waals surface area contributed by atoms with Crippen LogP contribution in [0.5, 0.6) is 17.2 Å². The number of aliphatic hydroxyl groups is 1. The van der Waals surface area contributed by atoms with Crippen molar-refractivity contribution in [2.24, 2.45) is 5.73 Å². The number of fused-ring (bicyclic) bond motifs is 1. The number of nitrogens with zero attached hydrogens (tertiary/aromatic N) is 1. The van der Waals surface area contributed by atoms with Gasteiger partial charge in [0.05, 0.1) is 26.0 Å². The van der Waals surface area contributed by atoms with E-state index in [1.54, 1.807) is 37.3 Å². The number of methoxy groups -OCH3 is 1. The second-order valence-electron chi connectivity index (χ2n) is 10.9. The van der Waals surface area contributed by atoms with Crippen LogP contribution in [0.4, 0.5) is 18.9 Å². The first kappa shape index (κ1) is 32.1. The smallest absolute Gasteiger partial charge is 0.251 e. The van der Waals surface area contributed by atoms with Crippen LogP contribution in [-0.2, 0) is 15.8 Å². The molecule has 4 aromatic rings. The number of rotatable bonds is 10. The number of carbonyl (C=O) groups excluding carboxylic acids is 2. The summed E-state index contributed by atoms with van der Waals surface area (Å²) in [5.74, 6) is -5.07. The van der Waals surface area contributed by atoms with E-state index in [1.165, 1.54) is 32.2 Å². The van der Waals surface area contributed by atoms with Gasteiger partial charge in [0.15, 0.2) is 11.6 Å². The van der Waals surface area contributed by atoms with Crippen molar-refractivity contribution >= 4 is 17.5 Å². The number of nitrogens with one attached hydrogen (secondary N) is 1. The van der Waals surface area contributed by atoms with Gasteiger partial charge in [-0.3, -0.25) is 9.59 Å². The Bertz CT molecular complexity index is 1840. The maximum absolute atomic E-state index is 15.2. The molecule has 240 valence electrons. The van der Waals surface area contributed by atoms with Crippen molar-refractivity contribution in [2.45, 2.75) is 24.9 Å². The minimum Gasteiger partial charge on any atom is -0.494 e. The van der Waals surface area contributed by atoms with Crippen LogP contribution in [-0.4, -0.2) is 48.8 Å². The molecule has 0 fully saturated rings. The number of nitrogens with two attached hydrogens (primary N) is 2. The molecule has 46 heavy (non-hydrogen) atoms. The van der Waals surface area contributed by atoms with E-state index in [9.17, 15) is 23.5 Å². The van der Waals surface area contributed by atoms with Gasteiger partial charge in [0.2, 0.25) is 5.91 Å². The average molecular weight is 637 g/mol. The Kier molecular flexibility index (Phi) is 8.54. The zero-order chi connectivity index (χ0) is 33.4. The Hall–Kier alpha value is -5.30. The van der Waals surface area contributed by atoms with E-state index in [-0.39, 0.29) is 64.2 Å². The van der Waals surface area contributed by atoms with Gasteiger partial charge in [0.1, 0.15) is 52.1 Å². The van der Waals surface area contributed by atoms with Gasteiger partial charge < -0.3 is 36.1 Å². The highest BCUT2D eigenvalue weighted by Gasteiger charge is 2.46. The molecule has 0 aliphatic carbocycles. The molecule has 10 nitrogen and oxygen atoms in total. The number of hydrogen-bond acceptors (Lipinski definition) is 8. The van der Waals surface area contributed by atoms with E-state index in [0.29, 0.717) is 12.1 Å². The van der Waals surface area contributed by atoms with Gasteiger partial charge in [-0.05, 0) is 43.7 Å². The highest BCUT2D eigenvalue weighted by atomic mass is 19.2. The molecule has 0 spiro atoms. The maximum Gasteiger partial charge on any atom is 0.251 e. The largest absolute Gasteiger partial charge is 0.494 e. The van der Waals surface area contributed by atoms with Crippen LogP contribution < -0.4 is 31.0 Å². The van der Waals surface area contributed by atoms with Gasteiger partial charge in [-0.1, -0.05) is 30.3 Å². The lowest BCUT2D eigenvalue weighted by Gasteiger charge is -2.30. The third-order valence-corrected chi connectivity index (χ3v) is 7.95. The van der Waals surface area contributed by atoms with Crippen molar-refractivity contribution in [3.8, 4) is 28.5 Å². The van der Waals surface area contributed by atoms with E-state index in [4.69, 9.17) is 25.7 Å². The molecular formula is C33H31F3N4O6. The second kappa shape index (κ2) is 12.2. The summed E-state index contributed by atoms with van der Waals surface area (Å²) in [5.41, 5.74) is 7.95. The van der Waals surface area contributed by atoms with Gasteiger partial charge in [-0.15, -0.1) is 0 Å². The van der Waals surface area contributed by atoms with Crippen LogP contribution in [0.3, 0.4) is 0 Å². The third kappa shape index (κ3) is 5.53. The lowest BCUT2D eigenvalue weighted by Crippen LogP contribution is -2.43. The number of hydrogen-bond donors (Lipinski definition) is 4. The molecule has 0 bridgehead atoms. The molecule has 13 heteroatoms. The zero-order valence-electron chi connectivity index (χ0n) is 25.1. The van der Waals surface area contributed by atoms with Crippen molar-refractivity contribution < 1.29 is 42.1 Å². The zero-order valence-corrected chi connectivity index (χ0v) is 25.1. The van der Waals surface area contributed by atoms with Crippen LogP contribution in [0.15, 0.2) is 60.7 Å². The molecule has 1 aliphatic rings. The SMILES string of the molecule is CCOc1cc(C(=O)NC[C@@](O)(c2ccccc2)c2cc3c(c(-c4cc(F)c(F)cc4F)n2)OC[C@]3(C)C(N)=O)cc(OC)c1N. The van der Waals surface area contributed by atoms with Gasteiger partial charge in [0.25, 0.3) is 5.91 Å². The van der Waals surface area contributed by atoms with Gasteiger partial charge >= 0.3 is 0 Å². The molecule has 1 aromatic heterocycles. The number of ether oxygens (including phenoxy) is 3. The summed E-state index contributed by atoms with van der Waals surface area (Å²) >= 11 is 0. The summed E-state index contributed by atoms with van der Waals surface area (Å²) < 4.78 is 60.0. The summed E-state index contributed by atoms with van der Waals surface area (Å²) in [6.07, 6.45) is 0. The van der Waals surface area contributed by atoms with E-state index in [0.717, 1.165) is 0 Å². The Morgan fingerprint density at radius 1 is 1.07 bits per heavy atom. The Morgan fingerprint density at radius 2 is 1.74 bits per heavy atom. The van der Waals surface area contributed by atoms with Crippen LogP contribution in [0.25, 0.3) is 11.3 Å². The number of halogens is 3. The molecule has 2 amide bonds. The fraction of sp³-hybridized carbons (Fsp3) is 0.242. The molecule has 2 heterocycles. The number of benzene rings is 3. The average Bonchev–Trinajstić information content (AvgIpc) is 3.40. The van der Waals surface area contributed by atoms with Crippen LogP contribution in [0.1, 0.15) is 41.0 Å². The molecule has 0 saturated heterocycles. The fourth-order valence-corrected chi connectivity index (χ4v) is 5.23. The summed E-state index contributed by atoms with van der Waals surface area (Å²) in [7, 11) is 1.38. The molecule has 0 unspecified atom stereocenters. The van der Waals surface area contributed by atoms with Gasteiger partial charge in [-0.25, -0.2) is 18.2 Å². The number of carbonyl (C=O) groups is 2. The summed E-state index contributed by atoms with van der Waals surface area (Å²) in [4.78, 5) is 30.6. The summed E-state index contributed by atoms with van der Waals surface area (Å²) in [5, 5.41) is 15.1. The summed E-state index contributed by atoms with van der Waals surface area (Å²) in [6.45, 7) is 2.75. The minimum absolute atomic E-state index is 0.0909. The highest BCUT2D eigenvalue weighted by Crippen LogP contribution is 2.47. The maximum atomic E-state index is 15.2. The molecule has 2 atom stereocenters. The topological polar surface area (TPSA) is 159 Å². The highest BCUT2D eigenvalue weighted by molar-refractivity contribution is 5.96. The molecule has 5 rings (SSSR count). The fourth-order valence-electron chi connectivity index (χ4n) is 5.23. The van der Waals surface area contributed by atoms with E-state index in [1.807, 2.05) is 0 Å². The second-order valence-corrected chi connectivity index (χ2v) is 10.9. The number of aromatic nitrogens is 1. The number of amides is 2. The van der Waals surface area contributed by atoms with Crippen LogP contribution >= 0.6 is 0 Å². The molecule has 3 aromatic carbocycles. The van der Waals surface area contributed by atoms with Gasteiger partial charge in [0, 0.05) is 22.8 Å². The van der Waals surface area contributed by atoms with Crippen molar-refractivity contribution in [1.29, 1.82) is 0 Å². The van der Waals surface area contributed by atoms with Crippen molar-refractivity contribution in [2.75, 3.05) is 32.6 Å². The predicted octanol–water partition coefficient (Wildman–Crippen LogP) is 3.96. The first-order valence-electron chi connectivity index (χ1n) is 14.1. The number of primary amides is 1. The van der Waals surface area contributed by atoms with Crippen molar-refractivity contribution in [3.63, 3.8) is 0 Å². The van der Waals surface area contributed by atoms with Crippen LogP contribution in [0, 0.1) is 17.5 Å². The molecule has 0 saturated carbocycles. The molecule has 6 N–H and O–H groups in total. The van der Waals surface area contributed by atoms with E-state index < -0.39 is 52.4 Å².